The average molecular weight is 292 g/mol. The second-order valence-electron chi connectivity index (χ2n) is 4.51. The number of hydrogen-bond acceptors (Lipinski definition) is 3. The molecule has 2 aromatic carbocycles. The molecule has 2 rings (SSSR count). The number of halogens is 2. The lowest BCUT2D eigenvalue weighted by molar-refractivity contribution is 0.100. The van der Waals surface area contributed by atoms with E-state index in [1.807, 2.05) is 0 Å². The van der Waals surface area contributed by atoms with Gasteiger partial charge in [-0.3, -0.25) is 4.79 Å². The van der Waals surface area contributed by atoms with Crippen molar-refractivity contribution < 1.29 is 18.7 Å². The molecule has 1 atom stereocenters. The van der Waals surface area contributed by atoms with Crippen molar-refractivity contribution in [3.63, 3.8) is 0 Å². The van der Waals surface area contributed by atoms with E-state index >= 15 is 0 Å². The molecule has 1 unspecified atom stereocenters. The standard InChI is InChI=1S/C15H14F2N2O2/c16-10-4-5-13(17)12(7-10)14(20)8-19-11-3-1-2-9(6-11)15(18)21/h1-7,14,19-20H,8H2,(H2,18,21). The summed E-state index contributed by atoms with van der Waals surface area (Å²) in [5, 5.41) is 12.7. The van der Waals surface area contributed by atoms with Crippen molar-refractivity contribution in [2.75, 3.05) is 11.9 Å². The van der Waals surface area contributed by atoms with Crippen LogP contribution in [0.2, 0.25) is 0 Å². The first kappa shape index (κ1) is 14.9. The highest BCUT2D eigenvalue weighted by molar-refractivity contribution is 5.93. The molecule has 0 saturated heterocycles. The molecule has 4 N–H and O–H groups in total. The highest BCUT2D eigenvalue weighted by Crippen LogP contribution is 2.19. The van der Waals surface area contributed by atoms with Gasteiger partial charge in [0.15, 0.2) is 0 Å². The van der Waals surface area contributed by atoms with Crippen molar-refractivity contribution in [1.29, 1.82) is 0 Å². The zero-order valence-electron chi connectivity index (χ0n) is 11.0. The van der Waals surface area contributed by atoms with Crippen LogP contribution in [-0.4, -0.2) is 17.6 Å². The summed E-state index contributed by atoms with van der Waals surface area (Å²) in [6, 6.07) is 9.24. The van der Waals surface area contributed by atoms with Gasteiger partial charge in [-0.2, -0.15) is 0 Å². The van der Waals surface area contributed by atoms with Gasteiger partial charge in [-0.05, 0) is 36.4 Å². The van der Waals surface area contributed by atoms with Crippen molar-refractivity contribution in [2.45, 2.75) is 6.10 Å². The minimum absolute atomic E-state index is 0.0391. The maximum absolute atomic E-state index is 13.5. The SMILES string of the molecule is NC(=O)c1cccc(NCC(O)c2cc(F)ccc2F)c1. The number of aliphatic hydroxyl groups excluding tert-OH is 1. The Labute approximate surface area is 120 Å². The fraction of sp³-hybridized carbons (Fsp3) is 0.133. The summed E-state index contributed by atoms with van der Waals surface area (Å²) in [6.45, 7) is -0.0391. The van der Waals surface area contributed by atoms with Crippen LogP contribution in [0.15, 0.2) is 42.5 Å². The topological polar surface area (TPSA) is 75.4 Å². The molecule has 0 fully saturated rings. The first-order valence-electron chi connectivity index (χ1n) is 6.24. The second-order valence-corrected chi connectivity index (χ2v) is 4.51. The predicted octanol–water partition coefficient (Wildman–Crippen LogP) is 2.21. The number of nitrogens with two attached hydrogens (primary N) is 1. The molecule has 0 aliphatic heterocycles. The third-order valence-electron chi connectivity index (χ3n) is 2.96. The Morgan fingerprint density at radius 1 is 1.24 bits per heavy atom. The molecule has 1 amide bonds. The van der Waals surface area contributed by atoms with E-state index in [0.29, 0.717) is 11.3 Å². The average Bonchev–Trinajstić information content (AvgIpc) is 2.47. The maximum atomic E-state index is 13.5. The molecule has 4 nitrogen and oxygen atoms in total. The van der Waals surface area contributed by atoms with Crippen molar-refractivity contribution in [3.8, 4) is 0 Å². The van der Waals surface area contributed by atoms with E-state index in [1.165, 1.54) is 6.07 Å². The summed E-state index contributed by atoms with van der Waals surface area (Å²) >= 11 is 0. The summed E-state index contributed by atoms with van der Waals surface area (Å²) in [5.41, 5.74) is 5.88. The van der Waals surface area contributed by atoms with Gasteiger partial charge < -0.3 is 16.2 Å². The molecule has 0 radical (unpaired) electrons. The number of benzene rings is 2. The Balaban J connectivity index is 2.07. The Hall–Kier alpha value is -2.47. The summed E-state index contributed by atoms with van der Waals surface area (Å²) in [6.07, 6.45) is -1.22. The van der Waals surface area contributed by atoms with Crippen LogP contribution < -0.4 is 11.1 Å². The van der Waals surface area contributed by atoms with E-state index < -0.39 is 23.6 Å². The van der Waals surface area contributed by atoms with Gasteiger partial charge in [0, 0.05) is 23.4 Å². The van der Waals surface area contributed by atoms with Gasteiger partial charge in [-0.1, -0.05) is 6.07 Å². The predicted molar refractivity (Wildman–Crippen MR) is 74.8 cm³/mol. The van der Waals surface area contributed by atoms with E-state index in [1.54, 1.807) is 18.2 Å². The van der Waals surface area contributed by atoms with Gasteiger partial charge in [0.05, 0.1) is 6.10 Å². The van der Waals surface area contributed by atoms with Crippen LogP contribution in [0.3, 0.4) is 0 Å². The fourth-order valence-electron chi connectivity index (χ4n) is 1.88. The van der Waals surface area contributed by atoms with E-state index in [0.717, 1.165) is 18.2 Å². The van der Waals surface area contributed by atoms with E-state index in [2.05, 4.69) is 5.32 Å². The number of nitrogens with one attached hydrogen (secondary N) is 1. The second kappa shape index (κ2) is 6.32. The molecule has 0 aliphatic carbocycles. The minimum atomic E-state index is -1.22. The largest absolute Gasteiger partial charge is 0.386 e. The van der Waals surface area contributed by atoms with Gasteiger partial charge in [0.25, 0.3) is 0 Å². The molecule has 0 saturated carbocycles. The van der Waals surface area contributed by atoms with Crippen LogP contribution >= 0.6 is 0 Å². The van der Waals surface area contributed by atoms with E-state index in [4.69, 9.17) is 5.73 Å². The smallest absolute Gasteiger partial charge is 0.248 e. The molecule has 21 heavy (non-hydrogen) atoms. The zero-order valence-corrected chi connectivity index (χ0v) is 11.0. The fourth-order valence-corrected chi connectivity index (χ4v) is 1.88. The summed E-state index contributed by atoms with van der Waals surface area (Å²) in [4.78, 5) is 11.0. The number of anilines is 1. The molecule has 0 aromatic heterocycles. The van der Waals surface area contributed by atoms with Crippen molar-refractivity contribution in [3.05, 3.63) is 65.2 Å². The lowest BCUT2D eigenvalue weighted by Gasteiger charge is -2.14. The summed E-state index contributed by atoms with van der Waals surface area (Å²) in [5.74, 6) is -1.88. The highest BCUT2D eigenvalue weighted by Gasteiger charge is 2.14. The first-order valence-corrected chi connectivity index (χ1v) is 6.24. The molecular weight excluding hydrogens is 278 g/mol. The van der Waals surface area contributed by atoms with Crippen LogP contribution in [0.5, 0.6) is 0 Å². The zero-order chi connectivity index (χ0) is 15.4. The number of carbonyl (C=O) groups excluding carboxylic acids is 1. The maximum Gasteiger partial charge on any atom is 0.248 e. The molecule has 0 bridgehead atoms. The molecular formula is C15H14F2N2O2. The van der Waals surface area contributed by atoms with Crippen LogP contribution in [0.25, 0.3) is 0 Å². The van der Waals surface area contributed by atoms with Crippen LogP contribution in [0.4, 0.5) is 14.5 Å². The quantitative estimate of drug-likeness (QED) is 0.791. The summed E-state index contributed by atoms with van der Waals surface area (Å²) in [7, 11) is 0. The van der Waals surface area contributed by atoms with E-state index in [-0.39, 0.29) is 12.1 Å². The molecule has 0 spiro atoms. The summed E-state index contributed by atoms with van der Waals surface area (Å²) < 4.78 is 26.6. The highest BCUT2D eigenvalue weighted by atomic mass is 19.1. The number of aliphatic hydroxyl groups is 1. The Bertz CT molecular complexity index is 662. The first-order chi connectivity index (χ1) is 9.97. The number of carbonyl (C=O) groups is 1. The lowest BCUT2D eigenvalue weighted by Crippen LogP contribution is -2.15. The van der Waals surface area contributed by atoms with Gasteiger partial charge in [-0.25, -0.2) is 8.78 Å². The van der Waals surface area contributed by atoms with Gasteiger partial charge >= 0.3 is 0 Å². The third-order valence-corrected chi connectivity index (χ3v) is 2.96. The Morgan fingerprint density at radius 2 is 2.00 bits per heavy atom. The number of hydrogen-bond donors (Lipinski definition) is 3. The van der Waals surface area contributed by atoms with Crippen molar-refractivity contribution >= 4 is 11.6 Å². The monoisotopic (exact) mass is 292 g/mol. The van der Waals surface area contributed by atoms with Crippen LogP contribution in [0.1, 0.15) is 22.0 Å². The van der Waals surface area contributed by atoms with Gasteiger partial charge in [0.1, 0.15) is 11.6 Å². The van der Waals surface area contributed by atoms with Crippen LogP contribution in [-0.2, 0) is 0 Å². The molecule has 2 aromatic rings. The Kier molecular flexibility index (Phi) is 4.49. The van der Waals surface area contributed by atoms with E-state index in [9.17, 15) is 18.7 Å². The molecule has 6 heteroatoms. The lowest BCUT2D eigenvalue weighted by atomic mass is 10.1. The number of rotatable bonds is 5. The molecule has 0 heterocycles. The van der Waals surface area contributed by atoms with Gasteiger partial charge in [-0.15, -0.1) is 0 Å². The molecule has 0 aliphatic rings. The van der Waals surface area contributed by atoms with Crippen LogP contribution in [0, 0.1) is 11.6 Å². The Morgan fingerprint density at radius 3 is 2.71 bits per heavy atom. The minimum Gasteiger partial charge on any atom is -0.386 e. The van der Waals surface area contributed by atoms with Crippen molar-refractivity contribution in [2.24, 2.45) is 5.73 Å². The third kappa shape index (κ3) is 3.76. The number of primary amides is 1. The van der Waals surface area contributed by atoms with Gasteiger partial charge in [0.2, 0.25) is 5.91 Å². The normalized spacial score (nSPS) is 12.0. The van der Waals surface area contributed by atoms with Crippen molar-refractivity contribution in [1.82, 2.24) is 0 Å². The number of amides is 1. The molecule has 110 valence electrons.